The SMILES string of the molecule is CCCCCCCCC(CCCCCC)C(=O)OCCCCCCN(CCCn1ccnc1C)CC(O)CCCCOC(=O)C(CCCCCC)CCCCCCCC. The molecule has 0 aliphatic heterocycles. The van der Waals surface area contributed by atoms with Gasteiger partial charge in [-0.3, -0.25) is 9.59 Å². The first-order valence-corrected chi connectivity index (χ1v) is 25.6. The maximum Gasteiger partial charge on any atom is 0.308 e. The molecule has 1 N–H and O–H groups in total. The number of hydrogen-bond donors (Lipinski definition) is 1. The highest BCUT2D eigenvalue weighted by Crippen LogP contribution is 2.22. The van der Waals surface area contributed by atoms with Crippen molar-refractivity contribution in [3.63, 3.8) is 0 Å². The molecule has 1 rings (SSSR count). The van der Waals surface area contributed by atoms with E-state index >= 15 is 0 Å². The maximum absolute atomic E-state index is 13.1. The molecule has 1 heterocycles. The highest BCUT2D eigenvalue weighted by atomic mass is 16.5. The van der Waals surface area contributed by atoms with Crippen molar-refractivity contribution in [1.29, 1.82) is 0 Å². The molecule has 0 aliphatic carbocycles. The summed E-state index contributed by atoms with van der Waals surface area (Å²) >= 11 is 0. The number of hydrogen-bond acceptors (Lipinski definition) is 7. The Kier molecular flexibility index (Phi) is 37.5. The molecule has 3 unspecified atom stereocenters. The molecule has 1 aromatic heterocycles. The van der Waals surface area contributed by atoms with Crippen LogP contribution in [0.3, 0.4) is 0 Å². The summed E-state index contributed by atoms with van der Waals surface area (Å²) in [6.45, 7) is 15.5. The zero-order valence-corrected chi connectivity index (χ0v) is 39.7. The van der Waals surface area contributed by atoms with E-state index in [1.165, 1.54) is 103 Å². The standard InChI is InChI=1S/C51H97N3O5/c1-6-10-14-18-20-26-35-47(33-24-16-12-8-3)50(56)58-43-30-23-22-29-39-53(40-32-41-54-42-38-52-46(54)5)45-49(55)37-28-31-44-59-51(57)48(34-25-17-13-9-4)36-27-21-19-15-11-7-2/h38,42,47-49,55H,6-37,39-41,43-45H2,1-5H3. The molecule has 0 spiro atoms. The van der Waals surface area contributed by atoms with Crippen LogP contribution >= 0.6 is 0 Å². The molecule has 8 heteroatoms. The highest BCUT2D eigenvalue weighted by molar-refractivity contribution is 5.72. The van der Waals surface area contributed by atoms with Crippen molar-refractivity contribution >= 4 is 11.9 Å². The minimum Gasteiger partial charge on any atom is -0.465 e. The van der Waals surface area contributed by atoms with Crippen LogP contribution in [0.2, 0.25) is 0 Å². The van der Waals surface area contributed by atoms with Crippen LogP contribution in [0.1, 0.15) is 239 Å². The van der Waals surface area contributed by atoms with Crippen LogP contribution in [0.4, 0.5) is 0 Å². The summed E-state index contributed by atoms with van der Waals surface area (Å²) in [5.74, 6) is 1.17. The Labute approximate surface area is 365 Å². The number of imidazole rings is 1. The number of carbonyl (C=O) groups excluding carboxylic acids is 2. The number of esters is 2. The van der Waals surface area contributed by atoms with E-state index in [4.69, 9.17) is 9.47 Å². The molecule has 59 heavy (non-hydrogen) atoms. The lowest BCUT2D eigenvalue weighted by atomic mass is 9.94. The van der Waals surface area contributed by atoms with Gasteiger partial charge in [0.15, 0.2) is 0 Å². The Morgan fingerprint density at radius 2 is 0.949 bits per heavy atom. The van der Waals surface area contributed by atoms with Gasteiger partial charge < -0.3 is 24.0 Å². The molecule has 0 aliphatic rings. The van der Waals surface area contributed by atoms with Gasteiger partial charge in [0.2, 0.25) is 0 Å². The highest BCUT2D eigenvalue weighted by Gasteiger charge is 2.21. The number of aryl methyl sites for hydroxylation is 2. The van der Waals surface area contributed by atoms with Crippen molar-refractivity contribution in [3.8, 4) is 0 Å². The Hall–Kier alpha value is -1.93. The maximum atomic E-state index is 13.1. The van der Waals surface area contributed by atoms with E-state index in [0.717, 1.165) is 128 Å². The molecule has 8 nitrogen and oxygen atoms in total. The van der Waals surface area contributed by atoms with Gasteiger partial charge in [-0.25, -0.2) is 4.98 Å². The Bertz CT molecular complexity index is 1080. The number of nitrogens with zero attached hydrogens (tertiary/aromatic N) is 3. The van der Waals surface area contributed by atoms with E-state index < -0.39 is 6.10 Å². The van der Waals surface area contributed by atoms with Crippen LogP contribution < -0.4 is 0 Å². The van der Waals surface area contributed by atoms with E-state index in [1.54, 1.807) is 0 Å². The van der Waals surface area contributed by atoms with Gasteiger partial charge in [0.25, 0.3) is 0 Å². The summed E-state index contributed by atoms with van der Waals surface area (Å²) < 4.78 is 13.9. The quantitative estimate of drug-likeness (QED) is 0.0517. The number of ether oxygens (including phenoxy) is 2. The van der Waals surface area contributed by atoms with E-state index in [2.05, 4.69) is 42.1 Å². The van der Waals surface area contributed by atoms with E-state index in [9.17, 15) is 14.7 Å². The predicted molar refractivity (Wildman–Crippen MR) is 249 cm³/mol. The van der Waals surface area contributed by atoms with Crippen LogP contribution in [-0.2, 0) is 25.6 Å². The molecule has 0 saturated carbocycles. The number of rotatable bonds is 44. The molecule has 1 aromatic rings. The Balaban J connectivity index is 2.48. The largest absolute Gasteiger partial charge is 0.465 e. The molecule has 346 valence electrons. The van der Waals surface area contributed by atoms with Gasteiger partial charge in [-0.15, -0.1) is 0 Å². The van der Waals surface area contributed by atoms with Crippen molar-refractivity contribution in [3.05, 3.63) is 18.2 Å². The zero-order chi connectivity index (χ0) is 43.0. The normalized spacial score (nSPS) is 13.2. The smallest absolute Gasteiger partial charge is 0.308 e. The third kappa shape index (κ3) is 31.6. The number of carbonyl (C=O) groups is 2. The molecule has 0 aromatic carbocycles. The van der Waals surface area contributed by atoms with Crippen molar-refractivity contribution < 1.29 is 24.2 Å². The van der Waals surface area contributed by atoms with Gasteiger partial charge in [0.05, 0.1) is 31.2 Å². The van der Waals surface area contributed by atoms with Crippen LogP contribution in [0.25, 0.3) is 0 Å². The van der Waals surface area contributed by atoms with Crippen LogP contribution in [-0.4, -0.2) is 70.4 Å². The van der Waals surface area contributed by atoms with Gasteiger partial charge >= 0.3 is 11.9 Å². The topological polar surface area (TPSA) is 93.9 Å². The monoisotopic (exact) mass is 832 g/mol. The average Bonchev–Trinajstić information content (AvgIpc) is 3.64. The second kappa shape index (κ2) is 40.2. The lowest BCUT2D eigenvalue weighted by Crippen LogP contribution is -2.34. The second-order valence-electron chi connectivity index (χ2n) is 17.9. The zero-order valence-electron chi connectivity index (χ0n) is 39.7. The van der Waals surface area contributed by atoms with Crippen molar-refractivity contribution in [2.24, 2.45) is 11.8 Å². The van der Waals surface area contributed by atoms with Gasteiger partial charge in [-0.2, -0.15) is 0 Å². The molecule has 0 radical (unpaired) electrons. The lowest BCUT2D eigenvalue weighted by molar-refractivity contribution is -0.150. The fourth-order valence-corrected chi connectivity index (χ4v) is 8.38. The molecule has 0 saturated heterocycles. The molecular formula is C51H97N3O5. The van der Waals surface area contributed by atoms with Gasteiger partial charge in [-0.1, -0.05) is 169 Å². The third-order valence-electron chi connectivity index (χ3n) is 12.3. The van der Waals surface area contributed by atoms with Gasteiger partial charge in [0.1, 0.15) is 5.82 Å². The van der Waals surface area contributed by atoms with E-state index in [-0.39, 0.29) is 23.8 Å². The van der Waals surface area contributed by atoms with Crippen molar-refractivity contribution in [2.75, 3.05) is 32.8 Å². The number of aliphatic hydroxyl groups excluding tert-OH is 1. The Morgan fingerprint density at radius 3 is 1.42 bits per heavy atom. The number of aliphatic hydroxyl groups is 1. The van der Waals surface area contributed by atoms with Gasteiger partial charge in [-0.05, 0) is 84.2 Å². The fraction of sp³-hybridized carbons (Fsp3) is 0.902. The first-order chi connectivity index (χ1) is 28.9. The number of aromatic nitrogens is 2. The molecule has 0 fully saturated rings. The molecule has 0 amide bonds. The number of unbranched alkanes of at least 4 members (excludes halogenated alkanes) is 20. The summed E-state index contributed by atoms with van der Waals surface area (Å²) in [7, 11) is 0. The summed E-state index contributed by atoms with van der Waals surface area (Å²) in [6.07, 6.45) is 39.4. The van der Waals surface area contributed by atoms with Gasteiger partial charge in [0, 0.05) is 25.5 Å². The van der Waals surface area contributed by atoms with Crippen LogP contribution in [0, 0.1) is 18.8 Å². The third-order valence-corrected chi connectivity index (χ3v) is 12.3. The van der Waals surface area contributed by atoms with Crippen LogP contribution in [0.15, 0.2) is 12.4 Å². The van der Waals surface area contributed by atoms with E-state index in [1.807, 2.05) is 19.3 Å². The minimum absolute atomic E-state index is 0.00133. The van der Waals surface area contributed by atoms with E-state index in [0.29, 0.717) is 19.8 Å². The molecule has 3 atom stereocenters. The predicted octanol–water partition coefficient (Wildman–Crippen LogP) is 13.7. The first-order valence-electron chi connectivity index (χ1n) is 25.6. The average molecular weight is 832 g/mol. The fourth-order valence-electron chi connectivity index (χ4n) is 8.38. The Morgan fingerprint density at radius 1 is 0.559 bits per heavy atom. The summed E-state index contributed by atoms with van der Waals surface area (Å²) in [4.78, 5) is 32.9. The summed E-state index contributed by atoms with van der Waals surface area (Å²) in [5.41, 5.74) is 0. The van der Waals surface area contributed by atoms with Crippen molar-refractivity contribution in [1.82, 2.24) is 14.5 Å². The second-order valence-corrected chi connectivity index (χ2v) is 17.9. The molecule has 0 bridgehead atoms. The minimum atomic E-state index is -0.398. The van der Waals surface area contributed by atoms with Crippen molar-refractivity contribution in [2.45, 2.75) is 253 Å². The first kappa shape index (κ1) is 55.1. The van der Waals surface area contributed by atoms with Crippen LogP contribution in [0.5, 0.6) is 0 Å². The molecular weight excluding hydrogens is 735 g/mol. The lowest BCUT2D eigenvalue weighted by Gasteiger charge is -2.25. The summed E-state index contributed by atoms with van der Waals surface area (Å²) in [5, 5.41) is 11.1. The summed E-state index contributed by atoms with van der Waals surface area (Å²) in [6, 6.07) is 0.